The summed E-state index contributed by atoms with van der Waals surface area (Å²) in [4.78, 5) is 32.3. The molecule has 28 heavy (non-hydrogen) atoms. The van der Waals surface area contributed by atoms with Crippen LogP contribution in [0.5, 0.6) is 0 Å². The van der Waals surface area contributed by atoms with Gasteiger partial charge < -0.3 is 19.5 Å². The summed E-state index contributed by atoms with van der Waals surface area (Å²) in [6.07, 6.45) is 5.75. The standard InChI is InChI=1S/C20H28N4O3S/c1-15-5-8-23(13-16-4-3-6-21-12-16)19(25)18(15)20(26)24(9-10-27-2)14-17-22-7-11-28-17/h5,7-8,11,16,21H,3-4,6,9-10,12-14H2,1-2H3. The van der Waals surface area contributed by atoms with Crippen LogP contribution in [0.4, 0.5) is 0 Å². The number of ether oxygens (including phenoxy) is 1. The number of pyridine rings is 1. The topological polar surface area (TPSA) is 76.5 Å². The zero-order valence-corrected chi connectivity index (χ0v) is 17.3. The molecule has 3 rings (SSSR count). The molecule has 0 saturated carbocycles. The summed E-state index contributed by atoms with van der Waals surface area (Å²) in [7, 11) is 1.60. The van der Waals surface area contributed by atoms with Gasteiger partial charge in [-0.1, -0.05) is 0 Å². The van der Waals surface area contributed by atoms with Crippen LogP contribution >= 0.6 is 11.3 Å². The van der Waals surface area contributed by atoms with Crippen molar-refractivity contribution in [2.24, 2.45) is 5.92 Å². The van der Waals surface area contributed by atoms with Crippen molar-refractivity contribution in [1.82, 2.24) is 19.8 Å². The Morgan fingerprint density at radius 1 is 1.50 bits per heavy atom. The van der Waals surface area contributed by atoms with Gasteiger partial charge in [-0.05, 0) is 50.4 Å². The first-order valence-electron chi connectivity index (χ1n) is 9.67. The molecule has 7 nitrogen and oxygen atoms in total. The van der Waals surface area contributed by atoms with Crippen LogP contribution < -0.4 is 10.9 Å². The Labute approximate surface area is 169 Å². The number of methoxy groups -OCH3 is 1. The molecular formula is C20H28N4O3S. The third-order valence-corrected chi connectivity index (χ3v) is 5.87. The zero-order valence-electron chi connectivity index (χ0n) is 16.5. The first-order valence-corrected chi connectivity index (χ1v) is 10.6. The van der Waals surface area contributed by atoms with E-state index < -0.39 is 0 Å². The molecule has 0 radical (unpaired) electrons. The summed E-state index contributed by atoms with van der Waals surface area (Å²) in [6.45, 7) is 5.60. The van der Waals surface area contributed by atoms with E-state index in [1.807, 2.05) is 24.6 Å². The summed E-state index contributed by atoms with van der Waals surface area (Å²) in [5.41, 5.74) is 0.741. The van der Waals surface area contributed by atoms with E-state index in [4.69, 9.17) is 4.74 Å². The lowest BCUT2D eigenvalue weighted by atomic mass is 9.99. The second-order valence-electron chi connectivity index (χ2n) is 7.19. The maximum atomic E-state index is 13.3. The number of piperidine rings is 1. The van der Waals surface area contributed by atoms with Gasteiger partial charge in [-0.25, -0.2) is 4.98 Å². The van der Waals surface area contributed by atoms with Crippen LogP contribution in [0.3, 0.4) is 0 Å². The monoisotopic (exact) mass is 404 g/mol. The smallest absolute Gasteiger partial charge is 0.263 e. The summed E-state index contributed by atoms with van der Waals surface area (Å²) < 4.78 is 6.85. The van der Waals surface area contributed by atoms with Gasteiger partial charge >= 0.3 is 0 Å². The van der Waals surface area contributed by atoms with Crippen molar-refractivity contribution in [3.05, 3.63) is 50.3 Å². The largest absolute Gasteiger partial charge is 0.383 e. The Bertz CT molecular complexity index is 828. The van der Waals surface area contributed by atoms with Crippen LogP contribution in [0.2, 0.25) is 0 Å². The molecule has 8 heteroatoms. The fourth-order valence-corrected chi connectivity index (χ4v) is 4.16. The SMILES string of the molecule is COCCN(Cc1nccs1)C(=O)c1c(C)ccn(CC2CCCNC2)c1=O. The molecule has 1 fully saturated rings. The normalized spacial score (nSPS) is 16.9. The maximum Gasteiger partial charge on any atom is 0.263 e. The molecule has 1 atom stereocenters. The Balaban J connectivity index is 1.85. The first kappa shape index (κ1) is 20.7. The van der Waals surface area contributed by atoms with Crippen LogP contribution in [0.25, 0.3) is 0 Å². The summed E-state index contributed by atoms with van der Waals surface area (Å²) in [6, 6.07) is 1.86. The predicted molar refractivity (Wildman–Crippen MR) is 110 cm³/mol. The van der Waals surface area contributed by atoms with Crippen molar-refractivity contribution in [2.75, 3.05) is 33.4 Å². The Morgan fingerprint density at radius 2 is 2.36 bits per heavy atom. The van der Waals surface area contributed by atoms with Gasteiger partial charge in [-0.3, -0.25) is 9.59 Å². The Morgan fingerprint density at radius 3 is 3.04 bits per heavy atom. The lowest BCUT2D eigenvalue weighted by molar-refractivity contribution is 0.0677. The number of carbonyl (C=O) groups excluding carboxylic acids is 1. The molecule has 0 aliphatic carbocycles. The van der Waals surface area contributed by atoms with Gasteiger partial charge in [0.25, 0.3) is 11.5 Å². The predicted octanol–water partition coefficient (Wildman–Crippen LogP) is 1.90. The Kier molecular flexibility index (Phi) is 7.36. The average Bonchev–Trinajstić information content (AvgIpc) is 3.21. The van der Waals surface area contributed by atoms with E-state index in [1.54, 1.807) is 22.8 Å². The van der Waals surface area contributed by atoms with Gasteiger partial charge in [-0.2, -0.15) is 0 Å². The number of aromatic nitrogens is 2. The fraction of sp³-hybridized carbons (Fsp3) is 0.550. The molecular weight excluding hydrogens is 376 g/mol. The number of hydrogen-bond donors (Lipinski definition) is 1. The third kappa shape index (κ3) is 5.06. The highest BCUT2D eigenvalue weighted by atomic mass is 32.1. The molecule has 1 aliphatic heterocycles. The summed E-state index contributed by atoms with van der Waals surface area (Å²) in [5.74, 6) is 0.155. The van der Waals surface area contributed by atoms with Crippen molar-refractivity contribution in [1.29, 1.82) is 0 Å². The van der Waals surface area contributed by atoms with Gasteiger partial charge in [0.15, 0.2) is 0 Å². The van der Waals surface area contributed by atoms with Gasteiger partial charge in [0, 0.05) is 38.0 Å². The summed E-state index contributed by atoms with van der Waals surface area (Å²) in [5, 5.41) is 6.10. The molecule has 1 aliphatic rings. The zero-order chi connectivity index (χ0) is 19.9. The van der Waals surface area contributed by atoms with Gasteiger partial charge in [0.2, 0.25) is 0 Å². The molecule has 1 N–H and O–H groups in total. The number of carbonyl (C=O) groups is 1. The van der Waals surface area contributed by atoms with Crippen LogP contribution in [-0.4, -0.2) is 53.7 Å². The van der Waals surface area contributed by atoms with E-state index in [0.29, 0.717) is 37.7 Å². The molecule has 1 saturated heterocycles. The first-order chi connectivity index (χ1) is 13.6. The number of rotatable bonds is 8. The van der Waals surface area contributed by atoms with E-state index in [1.165, 1.54) is 11.3 Å². The van der Waals surface area contributed by atoms with Crippen molar-refractivity contribution in [3.63, 3.8) is 0 Å². The fourth-order valence-electron chi connectivity index (χ4n) is 3.53. The third-order valence-electron chi connectivity index (χ3n) is 5.10. The average molecular weight is 405 g/mol. The van der Waals surface area contributed by atoms with Crippen molar-refractivity contribution < 1.29 is 9.53 Å². The molecule has 1 unspecified atom stereocenters. The van der Waals surface area contributed by atoms with E-state index in [2.05, 4.69) is 10.3 Å². The van der Waals surface area contributed by atoms with Crippen LogP contribution in [-0.2, 0) is 17.8 Å². The lowest BCUT2D eigenvalue weighted by Gasteiger charge is -2.25. The molecule has 0 spiro atoms. The van der Waals surface area contributed by atoms with Crippen LogP contribution in [0.1, 0.15) is 33.8 Å². The minimum absolute atomic E-state index is 0.211. The maximum absolute atomic E-state index is 13.3. The number of thiazole rings is 1. The lowest BCUT2D eigenvalue weighted by Crippen LogP contribution is -2.40. The van der Waals surface area contributed by atoms with E-state index >= 15 is 0 Å². The van der Waals surface area contributed by atoms with E-state index in [-0.39, 0.29) is 17.0 Å². The molecule has 3 heterocycles. The second kappa shape index (κ2) is 9.95. The van der Waals surface area contributed by atoms with Gasteiger partial charge in [0.05, 0.1) is 13.2 Å². The molecule has 0 aromatic carbocycles. The van der Waals surface area contributed by atoms with Crippen molar-refractivity contribution >= 4 is 17.2 Å². The number of aryl methyl sites for hydroxylation is 1. The molecule has 2 aromatic rings. The Hall–Kier alpha value is -2.03. The number of amides is 1. The van der Waals surface area contributed by atoms with E-state index in [9.17, 15) is 9.59 Å². The highest BCUT2D eigenvalue weighted by molar-refractivity contribution is 7.09. The van der Waals surface area contributed by atoms with Gasteiger partial charge in [-0.15, -0.1) is 11.3 Å². The molecule has 0 bridgehead atoms. The van der Waals surface area contributed by atoms with Crippen molar-refractivity contribution in [3.8, 4) is 0 Å². The molecule has 2 aromatic heterocycles. The summed E-state index contributed by atoms with van der Waals surface area (Å²) >= 11 is 1.50. The molecule has 1 amide bonds. The number of nitrogens with one attached hydrogen (secondary N) is 1. The number of hydrogen-bond acceptors (Lipinski definition) is 6. The minimum atomic E-state index is -0.258. The second-order valence-corrected chi connectivity index (χ2v) is 8.17. The van der Waals surface area contributed by atoms with Gasteiger partial charge in [0.1, 0.15) is 10.6 Å². The van der Waals surface area contributed by atoms with E-state index in [0.717, 1.165) is 30.9 Å². The van der Waals surface area contributed by atoms with Crippen LogP contribution in [0, 0.1) is 12.8 Å². The van der Waals surface area contributed by atoms with Crippen LogP contribution in [0.15, 0.2) is 28.6 Å². The minimum Gasteiger partial charge on any atom is -0.383 e. The quantitative estimate of drug-likeness (QED) is 0.727. The molecule has 152 valence electrons. The van der Waals surface area contributed by atoms with Crippen molar-refractivity contribution in [2.45, 2.75) is 32.9 Å². The highest BCUT2D eigenvalue weighted by Crippen LogP contribution is 2.15. The highest BCUT2D eigenvalue weighted by Gasteiger charge is 2.24. The number of nitrogens with zero attached hydrogens (tertiary/aromatic N) is 3.